The third-order valence-electron chi connectivity index (χ3n) is 4.40. The molecule has 0 saturated heterocycles. The van der Waals surface area contributed by atoms with Gasteiger partial charge in [-0.05, 0) is 42.7 Å². The predicted octanol–water partition coefficient (Wildman–Crippen LogP) is 3.02. The van der Waals surface area contributed by atoms with Gasteiger partial charge < -0.3 is 19.9 Å². The Labute approximate surface area is 193 Å². The van der Waals surface area contributed by atoms with Crippen LogP contribution in [0.2, 0.25) is 0 Å². The molecule has 30 heavy (non-hydrogen) atoms. The highest BCUT2D eigenvalue weighted by Gasteiger charge is 2.09. The SMILES string of the molecule is CN=C(NCCc1ccc(C)c(OC)c1)NCCc1noc(-c2ccccn2)n1.I. The van der Waals surface area contributed by atoms with E-state index in [1.807, 2.05) is 25.1 Å². The number of halogens is 1. The molecule has 8 nitrogen and oxygen atoms in total. The predicted molar refractivity (Wildman–Crippen MR) is 127 cm³/mol. The third kappa shape index (κ3) is 6.68. The summed E-state index contributed by atoms with van der Waals surface area (Å²) in [7, 11) is 3.44. The average molecular weight is 522 g/mol. The zero-order valence-electron chi connectivity index (χ0n) is 17.4. The van der Waals surface area contributed by atoms with Gasteiger partial charge in [0, 0.05) is 32.8 Å². The summed E-state index contributed by atoms with van der Waals surface area (Å²) in [4.78, 5) is 12.8. The van der Waals surface area contributed by atoms with Gasteiger partial charge in [0.15, 0.2) is 11.8 Å². The Bertz CT molecular complexity index is 946. The molecule has 160 valence electrons. The second-order valence-corrected chi connectivity index (χ2v) is 6.46. The van der Waals surface area contributed by atoms with E-state index in [-0.39, 0.29) is 24.0 Å². The van der Waals surface area contributed by atoms with Crippen LogP contribution >= 0.6 is 24.0 Å². The molecule has 0 saturated carbocycles. The molecule has 2 aromatic heterocycles. The Morgan fingerprint density at radius 2 is 1.93 bits per heavy atom. The maximum absolute atomic E-state index is 5.38. The quantitative estimate of drug-likeness (QED) is 0.267. The van der Waals surface area contributed by atoms with Crippen LogP contribution in [0.3, 0.4) is 0 Å². The van der Waals surface area contributed by atoms with E-state index in [9.17, 15) is 0 Å². The molecule has 0 bridgehead atoms. The Balaban J connectivity index is 0.00000320. The minimum absolute atomic E-state index is 0. The maximum atomic E-state index is 5.38. The standard InChI is InChI=1S/C21H26N6O2.HI/c1-15-7-8-16(14-18(15)28-3)9-12-24-21(22-2)25-13-10-19-26-20(29-27-19)17-6-4-5-11-23-17;/h4-8,11,14H,9-10,12-13H2,1-3H3,(H2,22,24,25);1H. The van der Waals surface area contributed by atoms with Crippen molar-refractivity contribution in [2.75, 3.05) is 27.2 Å². The molecule has 9 heteroatoms. The fourth-order valence-electron chi connectivity index (χ4n) is 2.81. The van der Waals surface area contributed by atoms with Gasteiger partial charge in [-0.15, -0.1) is 24.0 Å². The largest absolute Gasteiger partial charge is 0.496 e. The average Bonchev–Trinajstić information content (AvgIpc) is 3.23. The van der Waals surface area contributed by atoms with Crippen LogP contribution in [0.1, 0.15) is 17.0 Å². The summed E-state index contributed by atoms with van der Waals surface area (Å²) in [5.41, 5.74) is 3.02. The van der Waals surface area contributed by atoms with Gasteiger partial charge >= 0.3 is 0 Å². The van der Waals surface area contributed by atoms with Crippen LogP contribution in [0.4, 0.5) is 0 Å². The summed E-state index contributed by atoms with van der Waals surface area (Å²) in [5, 5.41) is 10.6. The lowest BCUT2D eigenvalue weighted by molar-refractivity contribution is 0.411. The summed E-state index contributed by atoms with van der Waals surface area (Å²) < 4.78 is 10.6. The summed E-state index contributed by atoms with van der Waals surface area (Å²) in [6.45, 7) is 3.44. The minimum atomic E-state index is 0. The zero-order chi connectivity index (χ0) is 20.5. The molecule has 0 atom stereocenters. The van der Waals surface area contributed by atoms with Crippen molar-refractivity contribution in [2.45, 2.75) is 19.8 Å². The summed E-state index contributed by atoms with van der Waals surface area (Å²) in [6, 6.07) is 11.8. The van der Waals surface area contributed by atoms with Crippen LogP contribution < -0.4 is 15.4 Å². The van der Waals surface area contributed by atoms with Gasteiger partial charge in [0.25, 0.3) is 5.89 Å². The molecule has 2 heterocycles. The zero-order valence-corrected chi connectivity index (χ0v) is 19.7. The van der Waals surface area contributed by atoms with Crippen LogP contribution in [0, 0.1) is 6.92 Å². The van der Waals surface area contributed by atoms with Crippen molar-refractivity contribution in [2.24, 2.45) is 4.99 Å². The smallest absolute Gasteiger partial charge is 0.276 e. The number of hydrogen-bond acceptors (Lipinski definition) is 6. The van der Waals surface area contributed by atoms with Crippen LogP contribution in [0.25, 0.3) is 11.6 Å². The van der Waals surface area contributed by atoms with E-state index in [1.54, 1.807) is 20.4 Å². The molecule has 3 aromatic rings. The first-order valence-electron chi connectivity index (χ1n) is 9.51. The molecule has 0 aliphatic heterocycles. The number of aryl methyl sites for hydroxylation is 1. The highest BCUT2D eigenvalue weighted by Crippen LogP contribution is 2.19. The summed E-state index contributed by atoms with van der Waals surface area (Å²) in [5.74, 6) is 2.70. The van der Waals surface area contributed by atoms with Crippen molar-refractivity contribution in [3.05, 3.63) is 59.5 Å². The van der Waals surface area contributed by atoms with E-state index in [2.05, 4.69) is 48.9 Å². The molecule has 2 N–H and O–H groups in total. The minimum Gasteiger partial charge on any atom is -0.496 e. The van der Waals surface area contributed by atoms with E-state index in [0.29, 0.717) is 30.4 Å². The summed E-state index contributed by atoms with van der Waals surface area (Å²) >= 11 is 0. The Kier molecular flexibility index (Phi) is 9.52. The van der Waals surface area contributed by atoms with Crippen LogP contribution in [-0.4, -0.2) is 48.3 Å². The first kappa shape index (κ1) is 23.6. The topological polar surface area (TPSA) is 97.5 Å². The second-order valence-electron chi connectivity index (χ2n) is 6.46. The van der Waals surface area contributed by atoms with Gasteiger partial charge in [-0.25, -0.2) is 0 Å². The Morgan fingerprint density at radius 3 is 2.63 bits per heavy atom. The van der Waals surface area contributed by atoms with E-state index < -0.39 is 0 Å². The molecule has 0 radical (unpaired) electrons. The number of aliphatic imine (C=N–C) groups is 1. The van der Waals surface area contributed by atoms with E-state index >= 15 is 0 Å². The molecular formula is C21H27IN6O2. The van der Waals surface area contributed by atoms with Crippen molar-refractivity contribution in [3.63, 3.8) is 0 Å². The number of ether oxygens (including phenoxy) is 1. The fourth-order valence-corrected chi connectivity index (χ4v) is 2.81. The van der Waals surface area contributed by atoms with Gasteiger partial charge in [0.1, 0.15) is 11.4 Å². The number of nitrogens with zero attached hydrogens (tertiary/aromatic N) is 4. The van der Waals surface area contributed by atoms with Crippen molar-refractivity contribution in [3.8, 4) is 17.3 Å². The van der Waals surface area contributed by atoms with Gasteiger partial charge in [0.2, 0.25) is 0 Å². The molecule has 0 spiro atoms. The third-order valence-corrected chi connectivity index (χ3v) is 4.40. The molecule has 3 rings (SSSR count). The van der Waals surface area contributed by atoms with E-state index in [4.69, 9.17) is 9.26 Å². The first-order valence-corrected chi connectivity index (χ1v) is 9.51. The number of rotatable bonds is 8. The van der Waals surface area contributed by atoms with Crippen molar-refractivity contribution < 1.29 is 9.26 Å². The molecule has 0 aliphatic rings. The van der Waals surface area contributed by atoms with Crippen LogP contribution in [-0.2, 0) is 12.8 Å². The summed E-state index contributed by atoms with van der Waals surface area (Å²) in [6.07, 6.45) is 3.19. The number of hydrogen-bond donors (Lipinski definition) is 2. The van der Waals surface area contributed by atoms with E-state index in [0.717, 1.165) is 30.2 Å². The van der Waals surface area contributed by atoms with Gasteiger partial charge in [-0.1, -0.05) is 23.4 Å². The van der Waals surface area contributed by atoms with Gasteiger partial charge in [-0.3, -0.25) is 9.98 Å². The fraction of sp³-hybridized carbons (Fsp3) is 0.333. The molecule has 0 amide bonds. The van der Waals surface area contributed by atoms with Gasteiger partial charge in [0.05, 0.1) is 7.11 Å². The highest BCUT2D eigenvalue weighted by molar-refractivity contribution is 14.0. The van der Waals surface area contributed by atoms with E-state index in [1.165, 1.54) is 5.56 Å². The van der Waals surface area contributed by atoms with Crippen LogP contribution in [0.5, 0.6) is 5.75 Å². The highest BCUT2D eigenvalue weighted by atomic mass is 127. The van der Waals surface area contributed by atoms with Crippen molar-refractivity contribution in [1.29, 1.82) is 0 Å². The Morgan fingerprint density at radius 1 is 1.13 bits per heavy atom. The maximum Gasteiger partial charge on any atom is 0.276 e. The van der Waals surface area contributed by atoms with Crippen LogP contribution in [0.15, 0.2) is 52.1 Å². The number of methoxy groups -OCH3 is 1. The second kappa shape index (κ2) is 12.1. The Hall–Kier alpha value is -2.69. The number of benzene rings is 1. The number of aromatic nitrogens is 3. The molecule has 0 fully saturated rings. The molecule has 1 aromatic carbocycles. The van der Waals surface area contributed by atoms with Crippen molar-refractivity contribution >= 4 is 29.9 Å². The number of pyridine rings is 1. The molecule has 0 aliphatic carbocycles. The normalized spacial score (nSPS) is 11.0. The lowest BCUT2D eigenvalue weighted by Gasteiger charge is -2.12. The molecular weight excluding hydrogens is 495 g/mol. The lowest BCUT2D eigenvalue weighted by atomic mass is 10.1. The number of nitrogens with one attached hydrogen (secondary N) is 2. The van der Waals surface area contributed by atoms with Gasteiger partial charge in [-0.2, -0.15) is 4.98 Å². The monoisotopic (exact) mass is 522 g/mol. The van der Waals surface area contributed by atoms with Crippen molar-refractivity contribution in [1.82, 2.24) is 25.8 Å². The number of guanidine groups is 1. The lowest BCUT2D eigenvalue weighted by Crippen LogP contribution is -2.39. The molecule has 0 unspecified atom stereocenters. The first-order chi connectivity index (χ1) is 14.2.